The van der Waals surface area contributed by atoms with Crippen LogP contribution in [0.4, 0.5) is 0 Å². The van der Waals surface area contributed by atoms with Crippen molar-refractivity contribution >= 4 is 11.6 Å². The number of benzene rings is 1. The van der Waals surface area contributed by atoms with Crippen LogP contribution in [0.25, 0.3) is 0 Å². The smallest absolute Gasteiger partial charge is 0.180 e. The van der Waals surface area contributed by atoms with Crippen molar-refractivity contribution in [2.45, 2.75) is 50.9 Å². The van der Waals surface area contributed by atoms with Crippen LogP contribution in [0, 0.1) is 0 Å². The fourth-order valence-corrected chi connectivity index (χ4v) is 4.11. The van der Waals surface area contributed by atoms with Gasteiger partial charge in [-0.25, -0.2) is 0 Å². The maximum Gasteiger partial charge on any atom is 0.180 e. The van der Waals surface area contributed by atoms with Gasteiger partial charge in [0.1, 0.15) is 13.2 Å². The minimum atomic E-state index is 0.0586. The topological polar surface area (TPSA) is 44.5 Å². The summed E-state index contributed by atoms with van der Waals surface area (Å²) in [6, 6.07) is 2.09. The summed E-state index contributed by atoms with van der Waals surface area (Å²) in [6.45, 7) is 4.00. The first-order chi connectivity index (χ1) is 10.2. The van der Waals surface area contributed by atoms with Gasteiger partial charge in [0.05, 0.1) is 5.02 Å². The largest absolute Gasteiger partial charge is 0.486 e. The molecule has 1 saturated carbocycles. The van der Waals surface area contributed by atoms with Gasteiger partial charge >= 0.3 is 0 Å². The van der Waals surface area contributed by atoms with Crippen LogP contribution < -0.4 is 15.2 Å². The highest BCUT2D eigenvalue weighted by Crippen LogP contribution is 2.48. The monoisotopic (exact) mass is 309 g/mol. The molecule has 1 aromatic rings. The Labute approximate surface area is 131 Å². The fourth-order valence-electron chi connectivity index (χ4n) is 3.86. The summed E-state index contributed by atoms with van der Waals surface area (Å²) in [5.74, 6) is 1.57. The molecular formula is C17H24ClNO2. The Balaban J connectivity index is 2.15. The van der Waals surface area contributed by atoms with Crippen molar-refractivity contribution in [3.05, 3.63) is 22.2 Å². The molecule has 2 N–H and O–H groups in total. The Morgan fingerprint density at radius 1 is 1.14 bits per heavy atom. The van der Waals surface area contributed by atoms with E-state index in [1.807, 2.05) is 0 Å². The Hall–Kier alpha value is -0.930. The van der Waals surface area contributed by atoms with E-state index in [0.29, 0.717) is 30.5 Å². The Morgan fingerprint density at radius 3 is 2.43 bits per heavy atom. The van der Waals surface area contributed by atoms with Gasteiger partial charge < -0.3 is 15.2 Å². The number of rotatable bonds is 3. The van der Waals surface area contributed by atoms with Crippen molar-refractivity contribution in [2.75, 3.05) is 19.8 Å². The molecule has 0 spiro atoms. The summed E-state index contributed by atoms with van der Waals surface area (Å²) in [5.41, 5.74) is 8.79. The molecule has 1 heterocycles. The molecule has 1 aromatic carbocycles. The molecule has 0 saturated heterocycles. The van der Waals surface area contributed by atoms with E-state index in [-0.39, 0.29) is 5.41 Å². The molecule has 0 radical (unpaired) electrons. The average molecular weight is 310 g/mol. The highest BCUT2D eigenvalue weighted by atomic mass is 35.5. The molecule has 1 aliphatic heterocycles. The van der Waals surface area contributed by atoms with Crippen molar-refractivity contribution in [1.29, 1.82) is 0 Å². The van der Waals surface area contributed by atoms with Crippen LogP contribution in [-0.4, -0.2) is 19.8 Å². The van der Waals surface area contributed by atoms with Crippen LogP contribution in [0.1, 0.15) is 50.2 Å². The lowest BCUT2D eigenvalue weighted by Gasteiger charge is -2.39. The van der Waals surface area contributed by atoms with Crippen LogP contribution in [0.3, 0.4) is 0 Å². The summed E-state index contributed by atoms with van der Waals surface area (Å²) in [6.07, 6.45) is 7.00. The number of fused-ring (bicyclic) bond motifs is 1. The molecule has 0 aromatic heterocycles. The second-order valence-electron chi connectivity index (χ2n) is 6.14. The molecule has 0 unspecified atom stereocenters. The van der Waals surface area contributed by atoms with Crippen molar-refractivity contribution in [1.82, 2.24) is 0 Å². The first-order valence-electron chi connectivity index (χ1n) is 8.03. The van der Waals surface area contributed by atoms with Gasteiger partial charge in [-0.3, -0.25) is 0 Å². The molecule has 116 valence electrons. The van der Waals surface area contributed by atoms with Crippen LogP contribution in [0.15, 0.2) is 6.07 Å². The molecule has 21 heavy (non-hydrogen) atoms. The van der Waals surface area contributed by atoms with Crippen LogP contribution in [0.2, 0.25) is 5.02 Å². The number of halogens is 1. The predicted molar refractivity (Wildman–Crippen MR) is 85.6 cm³/mol. The minimum Gasteiger partial charge on any atom is -0.486 e. The van der Waals surface area contributed by atoms with Crippen LogP contribution in [0.5, 0.6) is 11.5 Å². The highest BCUT2D eigenvalue weighted by molar-refractivity contribution is 6.32. The summed E-state index contributed by atoms with van der Waals surface area (Å²) in [7, 11) is 0. The van der Waals surface area contributed by atoms with Crippen molar-refractivity contribution in [3.63, 3.8) is 0 Å². The second kappa shape index (κ2) is 6.05. The summed E-state index contributed by atoms with van der Waals surface area (Å²) >= 11 is 6.47. The molecule has 4 heteroatoms. The summed E-state index contributed by atoms with van der Waals surface area (Å²) < 4.78 is 11.6. The molecule has 2 aliphatic rings. The molecular weight excluding hydrogens is 286 g/mol. The van der Waals surface area contributed by atoms with Crippen molar-refractivity contribution in [2.24, 2.45) is 5.73 Å². The van der Waals surface area contributed by atoms with Gasteiger partial charge in [0.25, 0.3) is 0 Å². The van der Waals surface area contributed by atoms with Gasteiger partial charge in [0.2, 0.25) is 0 Å². The molecule has 1 aliphatic carbocycles. The van der Waals surface area contributed by atoms with E-state index in [4.69, 9.17) is 26.8 Å². The van der Waals surface area contributed by atoms with Gasteiger partial charge in [-0.1, -0.05) is 37.8 Å². The zero-order valence-electron chi connectivity index (χ0n) is 12.7. The summed E-state index contributed by atoms with van der Waals surface area (Å²) in [4.78, 5) is 0. The minimum absolute atomic E-state index is 0.0586. The van der Waals surface area contributed by atoms with Crippen LogP contribution >= 0.6 is 11.6 Å². The summed E-state index contributed by atoms with van der Waals surface area (Å²) in [5, 5.41) is 0.662. The van der Waals surface area contributed by atoms with Gasteiger partial charge in [-0.05, 0) is 30.9 Å². The third-order valence-corrected chi connectivity index (χ3v) is 5.28. The predicted octanol–water partition coefficient (Wildman–Crippen LogP) is 3.83. The van der Waals surface area contributed by atoms with E-state index in [0.717, 1.165) is 25.0 Å². The number of ether oxygens (including phenoxy) is 2. The Bertz CT molecular complexity index is 524. The molecule has 0 bridgehead atoms. The van der Waals surface area contributed by atoms with Crippen LogP contribution in [-0.2, 0) is 11.8 Å². The Morgan fingerprint density at radius 2 is 1.81 bits per heavy atom. The molecule has 1 fully saturated rings. The Kier molecular flexibility index (Phi) is 4.32. The van der Waals surface area contributed by atoms with Gasteiger partial charge in [-0.15, -0.1) is 0 Å². The van der Waals surface area contributed by atoms with E-state index in [9.17, 15) is 0 Å². The third-order valence-electron chi connectivity index (χ3n) is 5.00. The molecule has 0 amide bonds. The zero-order valence-corrected chi connectivity index (χ0v) is 13.5. The van der Waals surface area contributed by atoms with Gasteiger partial charge in [0, 0.05) is 17.5 Å². The van der Waals surface area contributed by atoms with Crippen molar-refractivity contribution in [3.8, 4) is 11.5 Å². The lowest BCUT2D eigenvalue weighted by Crippen LogP contribution is -2.38. The van der Waals surface area contributed by atoms with Gasteiger partial charge in [0.15, 0.2) is 11.5 Å². The average Bonchev–Trinajstić information content (AvgIpc) is 2.55. The zero-order chi connectivity index (χ0) is 14.9. The fraction of sp³-hybridized carbons (Fsp3) is 0.647. The van der Waals surface area contributed by atoms with Gasteiger partial charge in [-0.2, -0.15) is 0 Å². The normalized spacial score (nSPS) is 20.3. The van der Waals surface area contributed by atoms with Crippen molar-refractivity contribution < 1.29 is 9.47 Å². The number of nitrogens with two attached hydrogens (primary N) is 1. The van der Waals surface area contributed by atoms with E-state index in [1.165, 1.54) is 30.4 Å². The molecule has 3 nitrogen and oxygen atoms in total. The number of hydrogen-bond donors (Lipinski definition) is 1. The number of hydrogen-bond acceptors (Lipinski definition) is 3. The van der Waals surface area contributed by atoms with E-state index < -0.39 is 0 Å². The lowest BCUT2D eigenvalue weighted by atomic mass is 9.67. The standard InChI is InChI=1S/C17H24ClNO2/c1-2-12-13(17(11-19)6-4-3-5-7-17)10-14(18)16-15(12)20-8-9-21-16/h10H,2-9,11,19H2,1H3. The quantitative estimate of drug-likeness (QED) is 0.922. The first kappa shape index (κ1) is 15.0. The maximum atomic E-state index is 6.47. The molecule has 3 rings (SSSR count). The molecule has 0 atom stereocenters. The highest BCUT2D eigenvalue weighted by Gasteiger charge is 2.37. The van der Waals surface area contributed by atoms with E-state index >= 15 is 0 Å². The third kappa shape index (κ3) is 2.51. The second-order valence-corrected chi connectivity index (χ2v) is 6.55. The maximum absolute atomic E-state index is 6.47. The lowest BCUT2D eigenvalue weighted by molar-refractivity contribution is 0.169. The SMILES string of the molecule is CCc1c(C2(CN)CCCCC2)cc(Cl)c2c1OCCO2. The van der Waals surface area contributed by atoms with E-state index in [2.05, 4.69) is 13.0 Å². The van der Waals surface area contributed by atoms with E-state index in [1.54, 1.807) is 0 Å². The first-order valence-corrected chi connectivity index (χ1v) is 8.41.